The maximum absolute atomic E-state index is 10.0. The molecule has 1 aromatic carbocycles. The SMILES string of the molecule is CC(=O)/C=C(/C)O.COc1ccnc(-c2[c-]cccc2OC)c1.[Pt]. The number of benzene rings is 1. The molecule has 24 heavy (non-hydrogen) atoms. The van der Waals surface area contributed by atoms with Gasteiger partial charge >= 0.3 is 0 Å². The van der Waals surface area contributed by atoms with Crippen molar-refractivity contribution in [3.05, 3.63) is 54.4 Å². The van der Waals surface area contributed by atoms with Crippen molar-refractivity contribution in [1.82, 2.24) is 4.98 Å². The molecule has 0 atom stereocenters. The fourth-order valence-corrected chi connectivity index (χ4v) is 1.76. The molecule has 132 valence electrons. The minimum atomic E-state index is -0.125. The van der Waals surface area contributed by atoms with Crippen LogP contribution in [0.15, 0.2) is 48.4 Å². The Balaban J connectivity index is 0.000000570. The minimum Gasteiger partial charge on any atom is -0.540 e. The van der Waals surface area contributed by atoms with Gasteiger partial charge in [-0.05, 0) is 31.7 Å². The molecule has 0 amide bonds. The van der Waals surface area contributed by atoms with Crippen molar-refractivity contribution in [3.63, 3.8) is 0 Å². The molecule has 5 nitrogen and oxygen atoms in total. The summed E-state index contributed by atoms with van der Waals surface area (Å²) in [5.41, 5.74) is 1.63. The normalized spacial score (nSPS) is 9.92. The zero-order valence-electron chi connectivity index (χ0n) is 14.0. The first-order valence-electron chi connectivity index (χ1n) is 6.91. The molecule has 0 radical (unpaired) electrons. The second kappa shape index (κ2) is 11.4. The van der Waals surface area contributed by atoms with Gasteiger partial charge in [-0.2, -0.15) is 0 Å². The molecule has 0 saturated carbocycles. The minimum absolute atomic E-state index is 0. The van der Waals surface area contributed by atoms with Gasteiger partial charge in [-0.1, -0.05) is 5.56 Å². The van der Waals surface area contributed by atoms with Crippen LogP contribution in [0, 0.1) is 6.07 Å². The largest absolute Gasteiger partial charge is 0.540 e. The first kappa shape index (κ1) is 21.9. The van der Waals surface area contributed by atoms with Crippen molar-refractivity contribution in [2.45, 2.75) is 13.8 Å². The van der Waals surface area contributed by atoms with Crippen LogP contribution in [0.4, 0.5) is 0 Å². The third kappa shape index (κ3) is 7.42. The number of carbonyl (C=O) groups is 1. The zero-order chi connectivity index (χ0) is 17.2. The molecule has 2 rings (SSSR count). The Labute approximate surface area is 156 Å². The van der Waals surface area contributed by atoms with Gasteiger partial charge in [0.05, 0.1) is 20.0 Å². The fraction of sp³-hybridized carbons (Fsp3) is 0.222. The van der Waals surface area contributed by atoms with Gasteiger partial charge < -0.3 is 19.6 Å². The Bertz CT molecular complexity index is 682. The predicted octanol–water partition coefficient (Wildman–Crippen LogP) is 3.60. The van der Waals surface area contributed by atoms with Gasteiger partial charge in [0.1, 0.15) is 5.75 Å². The smallest absolute Gasteiger partial charge is 0.155 e. The fourth-order valence-electron chi connectivity index (χ4n) is 1.76. The molecule has 0 unspecified atom stereocenters. The summed E-state index contributed by atoms with van der Waals surface area (Å²) >= 11 is 0. The number of aliphatic hydroxyl groups excluding tert-OH is 1. The second-order valence-electron chi connectivity index (χ2n) is 4.59. The van der Waals surface area contributed by atoms with Crippen LogP contribution in [0.5, 0.6) is 11.5 Å². The van der Waals surface area contributed by atoms with Gasteiger partial charge in [-0.3, -0.25) is 4.79 Å². The van der Waals surface area contributed by atoms with Crippen LogP contribution in [0.25, 0.3) is 11.3 Å². The number of aliphatic hydroxyl groups is 1. The summed E-state index contributed by atoms with van der Waals surface area (Å²) in [7, 11) is 3.26. The summed E-state index contributed by atoms with van der Waals surface area (Å²) in [6.07, 6.45) is 2.87. The van der Waals surface area contributed by atoms with E-state index in [1.54, 1.807) is 26.5 Å². The van der Waals surface area contributed by atoms with E-state index < -0.39 is 0 Å². The van der Waals surface area contributed by atoms with Crippen molar-refractivity contribution in [2.24, 2.45) is 0 Å². The molecule has 1 aromatic heterocycles. The summed E-state index contributed by atoms with van der Waals surface area (Å²) in [5, 5.41) is 8.36. The van der Waals surface area contributed by atoms with Gasteiger partial charge in [0.15, 0.2) is 5.78 Å². The van der Waals surface area contributed by atoms with Crippen LogP contribution < -0.4 is 9.47 Å². The third-order valence-electron chi connectivity index (χ3n) is 2.67. The van der Waals surface area contributed by atoms with Gasteiger partial charge in [-0.25, -0.2) is 0 Å². The molecular formula is C18H20NO4Pt-. The van der Waals surface area contributed by atoms with Crippen molar-refractivity contribution < 1.29 is 40.4 Å². The van der Waals surface area contributed by atoms with E-state index in [2.05, 4.69) is 11.1 Å². The molecule has 2 aromatic rings. The Morgan fingerprint density at radius 2 is 1.96 bits per heavy atom. The van der Waals surface area contributed by atoms with Crippen molar-refractivity contribution in [3.8, 4) is 22.8 Å². The van der Waals surface area contributed by atoms with E-state index in [0.29, 0.717) is 0 Å². The van der Waals surface area contributed by atoms with Gasteiger partial charge in [-0.15, -0.1) is 24.3 Å². The Morgan fingerprint density at radius 3 is 2.46 bits per heavy atom. The van der Waals surface area contributed by atoms with Crippen molar-refractivity contribution in [1.29, 1.82) is 0 Å². The number of rotatable bonds is 4. The zero-order valence-corrected chi connectivity index (χ0v) is 16.2. The molecule has 0 saturated heterocycles. The number of hydrogen-bond donors (Lipinski definition) is 1. The molecular weight excluding hydrogens is 489 g/mol. The number of allylic oxidation sites excluding steroid dienone is 2. The standard InChI is InChI=1S/C13H12NO2.C5H8O2.Pt/c1-15-10-7-8-14-12(9-10)11-5-3-4-6-13(11)16-2;1-4(6)3-5(2)7;/h3-4,6-9H,1-2H3;3,6H,1-2H3;/q-1;;/b;4-3-;. The average Bonchev–Trinajstić information content (AvgIpc) is 2.54. The van der Waals surface area contributed by atoms with Crippen LogP contribution >= 0.6 is 0 Å². The van der Waals surface area contributed by atoms with Gasteiger partial charge in [0.25, 0.3) is 0 Å². The molecule has 0 aliphatic carbocycles. The molecule has 0 bridgehead atoms. The molecule has 0 fully saturated rings. The van der Waals surface area contributed by atoms with E-state index in [1.807, 2.05) is 24.3 Å². The quantitative estimate of drug-likeness (QED) is 0.388. The summed E-state index contributed by atoms with van der Waals surface area (Å²) in [4.78, 5) is 14.3. The van der Waals surface area contributed by atoms with E-state index in [9.17, 15) is 4.79 Å². The molecule has 6 heteroatoms. The van der Waals surface area contributed by atoms with Crippen molar-refractivity contribution >= 4 is 5.78 Å². The van der Waals surface area contributed by atoms with E-state index >= 15 is 0 Å². The molecule has 0 spiro atoms. The Hall–Kier alpha value is -2.13. The van der Waals surface area contributed by atoms with Crippen LogP contribution in [0.1, 0.15) is 13.8 Å². The van der Waals surface area contributed by atoms with Crippen LogP contribution in [-0.2, 0) is 25.9 Å². The number of ether oxygens (including phenoxy) is 2. The number of hydrogen-bond acceptors (Lipinski definition) is 5. The van der Waals surface area contributed by atoms with Gasteiger partial charge in [0.2, 0.25) is 0 Å². The topological polar surface area (TPSA) is 68.7 Å². The number of ketones is 1. The van der Waals surface area contributed by atoms with Crippen LogP contribution in [0.3, 0.4) is 0 Å². The maximum atomic E-state index is 10.0. The third-order valence-corrected chi connectivity index (χ3v) is 2.67. The summed E-state index contributed by atoms with van der Waals surface area (Å²) < 4.78 is 10.4. The summed E-state index contributed by atoms with van der Waals surface area (Å²) in [6.45, 7) is 2.85. The summed E-state index contributed by atoms with van der Waals surface area (Å²) in [6, 6.07) is 12.4. The van der Waals surface area contributed by atoms with Crippen LogP contribution in [-0.4, -0.2) is 30.1 Å². The number of nitrogens with zero attached hydrogens (tertiary/aromatic N) is 1. The first-order chi connectivity index (χ1) is 11.0. The van der Waals surface area contributed by atoms with E-state index in [0.717, 1.165) is 22.8 Å². The van der Waals surface area contributed by atoms with Gasteiger partial charge in [0, 0.05) is 39.1 Å². The molecule has 1 heterocycles. The Kier molecular flexibility index (Phi) is 10.4. The number of methoxy groups -OCH3 is 2. The molecule has 0 aliphatic heterocycles. The average molecular weight is 509 g/mol. The maximum Gasteiger partial charge on any atom is 0.155 e. The first-order valence-corrected chi connectivity index (χ1v) is 6.91. The summed E-state index contributed by atoms with van der Waals surface area (Å²) in [5.74, 6) is 1.46. The number of pyridine rings is 1. The number of aromatic nitrogens is 1. The van der Waals surface area contributed by atoms with E-state index in [-0.39, 0.29) is 32.6 Å². The Morgan fingerprint density at radius 1 is 1.25 bits per heavy atom. The molecule has 0 aliphatic rings. The van der Waals surface area contributed by atoms with E-state index in [1.165, 1.54) is 19.9 Å². The predicted molar refractivity (Wildman–Crippen MR) is 88.7 cm³/mol. The monoisotopic (exact) mass is 509 g/mol. The molecule has 1 N–H and O–H groups in total. The van der Waals surface area contributed by atoms with Crippen molar-refractivity contribution in [2.75, 3.05) is 14.2 Å². The van der Waals surface area contributed by atoms with Crippen LogP contribution in [0.2, 0.25) is 0 Å². The number of carbonyl (C=O) groups excluding carboxylic acids is 1. The van der Waals surface area contributed by atoms with E-state index in [4.69, 9.17) is 14.6 Å². The second-order valence-corrected chi connectivity index (χ2v) is 4.59.